The number of hydrogen-bond acceptors (Lipinski definition) is 2. The summed E-state index contributed by atoms with van der Waals surface area (Å²) >= 11 is 0. The van der Waals surface area contributed by atoms with Crippen LogP contribution in [-0.2, 0) is 9.22 Å². The van der Waals surface area contributed by atoms with Gasteiger partial charge in [-0.15, -0.1) is 0 Å². The molecule has 0 saturated carbocycles. The predicted molar refractivity (Wildman–Crippen MR) is 84.0 cm³/mol. The maximum atomic E-state index is 12.1. The van der Waals surface area contributed by atoms with Gasteiger partial charge in [0.25, 0.3) is 0 Å². The summed E-state index contributed by atoms with van der Waals surface area (Å²) in [6.45, 7) is 11.0. The zero-order chi connectivity index (χ0) is 15.0. The molecular weight excluding hydrogens is 266 g/mol. The van der Waals surface area contributed by atoms with E-state index in [-0.39, 0.29) is 23.1 Å². The van der Waals surface area contributed by atoms with Crippen molar-refractivity contribution < 1.29 is 9.22 Å². The summed E-state index contributed by atoms with van der Waals surface area (Å²) in [7, 11) is -1.90. The second-order valence-corrected chi connectivity index (χ2v) is 11.8. The molecule has 4 heteroatoms. The highest BCUT2D eigenvalue weighted by Gasteiger charge is 2.43. The summed E-state index contributed by atoms with van der Waals surface area (Å²) < 4.78 is 6.25. The highest BCUT2D eigenvalue weighted by atomic mass is 28.4. The zero-order valence-electron chi connectivity index (χ0n) is 13.1. The van der Waals surface area contributed by atoms with E-state index in [2.05, 4.69) is 51.3 Å². The van der Waals surface area contributed by atoms with E-state index in [9.17, 15) is 4.79 Å². The second-order valence-electron chi connectivity index (χ2n) is 7.07. The van der Waals surface area contributed by atoms with Gasteiger partial charge in [0.2, 0.25) is 5.91 Å². The van der Waals surface area contributed by atoms with E-state index < -0.39 is 8.32 Å². The summed E-state index contributed by atoms with van der Waals surface area (Å²) in [5, 5.41) is 3.18. The molecule has 1 heterocycles. The largest absolute Gasteiger partial charge is 0.405 e. The van der Waals surface area contributed by atoms with E-state index in [1.165, 1.54) is 0 Å². The predicted octanol–water partition coefficient (Wildman–Crippen LogP) is 3.64. The molecule has 110 valence electrons. The van der Waals surface area contributed by atoms with Gasteiger partial charge in [-0.3, -0.25) is 4.79 Å². The van der Waals surface area contributed by atoms with Gasteiger partial charge < -0.3 is 9.74 Å². The van der Waals surface area contributed by atoms with Crippen molar-refractivity contribution in [1.82, 2.24) is 5.32 Å². The van der Waals surface area contributed by atoms with E-state index >= 15 is 0 Å². The summed E-state index contributed by atoms with van der Waals surface area (Å²) in [4.78, 5) is 12.1. The Kier molecular flexibility index (Phi) is 4.07. The van der Waals surface area contributed by atoms with E-state index in [4.69, 9.17) is 4.43 Å². The smallest absolute Gasteiger partial charge is 0.248 e. The number of amides is 1. The first-order valence-corrected chi connectivity index (χ1v) is 10.1. The molecule has 1 saturated heterocycles. The molecule has 0 aromatic heterocycles. The molecule has 0 aliphatic carbocycles. The maximum absolute atomic E-state index is 12.1. The second kappa shape index (κ2) is 5.33. The third-order valence-corrected chi connectivity index (χ3v) is 8.99. The van der Waals surface area contributed by atoms with Crippen LogP contribution in [0.2, 0.25) is 18.1 Å². The number of hydrogen-bond donors (Lipinski definition) is 1. The van der Waals surface area contributed by atoms with Gasteiger partial charge in [-0.2, -0.15) is 0 Å². The average molecular weight is 291 g/mol. The van der Waals surface area contributed by atoms with Crippen molar-refractivity contribution in [3.05, 3.63) is 35.9 Å². The summed E-state index contributed by atoms with van der Waals surface area (Å²) in [5.41, 5.74) is 1.15. The van der Waals surface area contributed by atoms with Gasteiger partial charge in [0.1, 0.15) is 6.10 Å². The number of nitrogens with one attached hydrogen (secondary N) is 1. The lowest BCUT2D eigenvalue weighted by Gasteiger charge is -2.37. The van der Waals surface area contributed by atoms with Crippen LogP contribution in [0, 0.1) is 0 Å². The molecule has 1 aromatic carbocycles. The normalized spacial score (nSPS) is 23.8. The fourth-order valence-corrected chi connectivity index (χ4v) is 3.45. The lowest BCUT2D eigenvalue weighted by Crippen LogP contribution is -2.45. The minimum Gasteiger partial charge on any atom is -0.405 e. The van der Waals surface area contributed by atoms with Crippen LogP contribution >= 0.6 is 0 Å². The van der Waals surface area contributed by atoms with Gasteiger partial charge in [-0.25, -0.2) is 0 Å². The Hall–Kier alpha value is -1.13. The van der Waals surface area contributed by atoms with Crippen molar-refractivity contribution in [2.45, 2.75) is 57.5 Å². The van der Waals surface area contributed by atoms with E-state index in [0.29, 0.717) is 0 Å². The molecule has 2 atom stereocenters. The van der Waals surface area contributed by atoms with Crippen LogP contribution in [0.25, 0.3) is 0 Å². The van der Waals surface area contributed by atoms with Crippen LogP contribution in [0.4, 0.5) is 0 Å². The lowest BCUT2D eigenvalue weighted by atomic mass is 10.1. The van der Waals surface area contributed by atoms with E-state index in [0.717, 1.165) is 12.0 Å². The SMILES string of the molecule is CC(C)(C)[Si](C)(C)O[C@@H]1CC(c2ccccc2)NC1=O. The molecule has 1 N–H and O–H groups in total. The number of carbonyl (C=O) groups excluding carboxylic acids is 1. The molecule has 1 fully saturated rings. The monoisotopic (exact) mass is 291 g/mol. The third kappa shape index (κ3) is 3.12. The molecule has 20 heavy (non-hydrogen) atoms. The molecule has 2 rings (SSSR count). The quantitative estimate of drug-likeness (QED) is 0.864. The Labute approximate surface area is 122 Å². The van der Waals surface area contributed by atoms with Crippen LogP contribution in [0.15, 0.2) is 30.3 Å². The Balaban J connectivity index is 2.07. The molecule has 1 aliphatic rings. The Morgan fingerprint density at radius 1 is 1.20 bits per heavy atom. The van der Waals surface area contributed by atoms with Crippen molar-refractivity contribution >= 4 is 14.2 Å². The number of rotatable bonds is 3. The van der Waals surface area contributed by atoms with Crippen molar-refractivity contribution in [3.63, 3.8) is 0 Å². The first-order chi connectivity index (χ1) is 9.21. The summed E-state index contributed by atoms with van der Waals surface area (Å²) in [6, 6.07) is 10.2. The van der Waals surface area contributed by atoms with Gasteiger partial charge in [0, 0.05) is 6.42 Å². The number of benzene rings is 1. The Bertz CT molecular complexity index is 479. The fraction of sp³-hybridized carbons (Fsp3) is 0.562. The van der Waals surface area contributed by atoms with Gasteiger partial charge in [0.05, 0.1) is 6.04 Å². The summed E-state index contributed by atoms with van der Waals surface area (Å²) in [6.07, 6.45) is 0.427. The first kappa shape index (κ1) is 15.3. The van der Waals surface area contributed by atoms with Gasteiger partial charge >= 0.3 is 0 Å². The summed E-state index contributed by atoms with van der Waals surface area (Å²) in [5.74, 6) is 0.0312. The van der Waals surface area contributed by atoms with Crippen LogP contribution in [-0.4, -0.2) is 20.3 Å². The molecule has 1 aliphatic heterocycles. The third-order valence-electron chi connectivity index (χ3n) is 4.50. The molecule has 0 spiro atoms. The molecule has 1 amide bonds. The van der Waals surface area contributed by atoms with E-state index in [1.807, 2.05) is 18.2 Å². The standard InChI is InChI=1S/C16H25NO2Si/c1-16(2,3)20(4,5)19-14-11-13(17-15(14)18)12-9-7-6-8-10-12/h6-10,13-14H,11H2,1-5H3,(H,17,18)/t13?,14-/m1/s1. The fourth-order valence-electron chi connectivity index (χ4n) is 2.18. The minimum atomic E-state index is -1.90. The Morgan fingerprint density at radius 2 is 1.80 bits per heavy atom. The van der Waals surface area contributed by atoms with Crippen LogP contribution in [0.5, 0.6) is 0 Å². The molecule has 3 nitrogen and oxygen atoms in total. The molecule has 1 aromatic rings. The first-order valence-electron chi connectivity index (χ1n) is 7.24. The lowest BCUT2D eigenvalue weighted by molar-refractivity contribution is -0.125. The minimum absolute atomic E-state index is 0.0312. The van der Waals surface area contributed by atoms with Crippen molar-refractivity contribution in [2.24, 2.45) is 0 Å². The van der Waals surface area contributed by atoms with Crippen LogP contribution < -0.4 is 5.32 Å². The molecule has 0 radical (unpaired) electrons. The van der Waals surface area contributed by atoms with Gasteiger partial charge in [0.15, 0.2) is 8.32 Å². The van der Waals surface area contributed by atoms with Crippen LogP contribution in [0.1, 0.15) is 38.8 Å². The highest BCUT2D eigenvalue weighted by Crippen LogP contribution is 2.39. The molecule has 1 unspecified atom stereocenters. The maximum Gasteiger partial charge on any atom is 0.248 e. The topological polar surface area (TPSA) is 38.3 Å². The van der Waals surface area contributed by atoms with Gasteiger partial charge in [-0.05, 0) is 23.7 Å². The average Bonchev–Trinajstić information content (AvgIpc) is 2.70. The van der Waals surface area contributed by atoms with E-state index in [1.54, 1.807) is 0 Å². The molecular formula is C16H25NO2Si. The van der Waals surface area contributed by atoms with Crippen molar-refractivity contribution in [2.75, 3.05) is 0 Å². The number of carbonyl (C=O) groups is 1. The zero-order valence-corrected chi connectivity index (χ0v) is 14.1. The molecule has 0 bridgehead atoms. The van der Waals surface area contributed by atoms with Gasteiger partial charge in [-0.1, -0.05) is 51.1 Å². The van der Waals surface area contributed by atoms with Crippen molar-refractivity contribution in [3.8, 4) is 0 Å². The van der Waals surface area contributed by atoms with Crippen LogP contribution in [0.3, 0.4) is 0 Å². The Morgan fingerprint density at radius 3 is 2.35 bits per heavy atom. The van der Waals surface area contributed by atoms with Crippen molar-refractivity contribution in [1.29, 1.82) is 0 Å². The highest BCUT2D eigenvalue weighted by molar-refractivity contribution is 6.74.